The summed E-state index contributed by atoms with van der Waals surface area (Å²) >= 11 is 0. The first-order chi connectivity index (χ1) is 17.3. The average molecular weight is 532 g/mol. The quantitative estimate of drug-likeness (QED) is 0.504. The molecule has 0 aliphatic carbocycles. The van der Waals surface area contributed by atoms with Gasteiger partial charge in [-0.2, -0.15) is 0 Å². The molecule has 0 aromatic heterocycles. The molecule has 0 saturated carbocycles. The van der Waals surface area contributed by atoms with Crippen molar-refractivity contribution >= 4 is 27.5 Å². The minimum Gasteiger partial charge on any atom is -0.486 e. The lowest BCUT2D eigenvalue weighted by molar-refractivity contribution is -0.141. The highest BCUT2D eigenvalue weighted by Crippen LogP contribution is 2.34. The van der Waals surface area contributed by atoms with Crippen LogP contribution in [-0.2, 0) is 26.2 Å². The molecule has 1 aliphatic rings. The first-order valence-electron chi connectivity index (χ1n) is 12.4. The van der Waals surface area contributed by atoms with Crippen molar-refractivity contribution in [2.45, 2.75) is 58.7 Å². The smallest absolute Gasteiger partial charge is 0.242 e. The minimum absolute atomic E-state index is 0.0799. The van der Waals surface area contributed by atoms with Crippen molar-refractivity contribution in [3.8, 4) is 11.5 Å². The Bertz CT molecular complexity index is 1190. The molecule has 37 heavy (non-hydrogen) atoms. The Morgan fingerprint density at radius 3 is 2.30 bits per heavy atom. The van der Waals surface area contributed by atoms with E-state index in [1.807, 2.05) is 51.1 Å². The van der Waals surface area contributed by atoms with Crippen LogP contribution < -0.4 is 19.1 Å². The Labute approximate surface area is 219 Å². The lowest BCUT2D eigenvalue weighted by Gasteiger charge is -2.32. The lowest BCUT2D eigenvalue weighted by atomic mass is 10.1. The number of amides is 2. The van der Waals surface area contributed by atoms with Crippen LogP contribution >= 0.6 is 0 Å². The summed E-state index contributed by atoms with van der Waals surface area (Å²) in [5, 5.41) is 2.94. The van der Waals surface area contributed by atoms with Crippen LogP contribution in [0.25, 0.3) is 0 Å². The van der Waals surface area contributed by atoms with Crippen LogP contribution in [0.3, 0.4) is 0 Å². The van der Waals surface area contributed by atoms with Gasteiger partial charge in [0, 0.05) is 31.1 Å². The summed E-state index contributed by atoms with van der Waals surface area (Å²) in [5.74, 6) is 0.584. The molecule has 2 amide bonds. The Balaban J connectivity index is 1.73. The van der Waals surface area contributed by atoms with Gasteiger partial charge in [-0.25, -0.2) is 8.42 Å². The Hall–Kier alpha value is -3.27. The third kappa shape index (κ3) is 8.11. The molecule has 202 valence electrons. The molecule has 1 N–H and O–H groups in total. The largest absolute Gasteiger partial charge is 0.486 e. The molecule has 2 aromatic rings. The van der Waals surface area contributed by atoms with Gasteiger partial charge in [-0.3, -0.25) is 13.9 Å². The van der Waals surface area contributed by atoms with Crippen molar-refractivity contribution < 1.29 is 27.5 Å². The van der Waals surface area contributed by atoms with E-state index < -0.39 is 21.6 Å². The van der Waals surface area contributed by atoms with Gasteiger partial charge in [0.2, 0.25) is 21.8 Å². The molecular weight excluding hydrogens is 494 g/mol. The van der Waals surface area contributed by atoms with Crippen molar-refractivity contribution in [2.75, 3.05) is 30.3 Å². The molecule has 1 aliphatic heterocycles. The van der Waals surface area contributed by atoms with E-state index in [1.165, 1.54) is 4.31 Å². The highest BCUT2D eigenvalue weighted by Gasteiger charge is 2.29. The summed E-state index contributed by atoms with van der Waals surface area (Å²) in [6.45, 7) is 8.58. The minimum atomic E-state index is -3.61. The van der Waals surface area contributed by atoms with E-state index in [9.17, 15) is 18.0 Å². The first-order valence-corrected chi connectivity index (χ1v) is 14.2. The van der Waals surface area contributed by atoms with Gasteiger partial charge in [0.1, 0.15) is 19.3 Å². The van der Waals surface area contributed by atoms with Crippen molar-refractivity contribution in [3.63, 3.8) is 0 Å². The SMILES string of the molecule is C[C@H](C(=O)NC(C)(C)C)N(Cc1ccccc1)C(=O)CCCN(c1ccc2c(c1)OCCO2)S(C)(=O)=O. The van der Waals surface area contributed by atoms with Gasteiger partial charge >= 0.3 is 0 Å². The monoisotopic (exact) mass is 531 g/mol. The molecular formula is C27H37N3O6S. The summed E-state index contributed by atoms with van der Waals surface area (Å²) in [6.07, 6.45) is 1.49. The number of anilines is 1. The number of ether oxygens (including phenoxy) is 2. The fraction of sp³-hybridized carbons (Fsp3) is 0.481. The Morgan fingerprint density at radius 2 is 1.68 bits per heavy atom. The number of nitrogens with zero attached hydrogens (tertiary/aromatic N) is 2. The van der Waals surface area contributed by atoms with Gasteiger partial charge in [0.05, 0.1) is 11.9 Å². The second-order valence-electron chi connectivity index (χ2n) is 10.2. The van der Waals surface area contributed by atoms with Gasteiger partial charge in [0.25, 0.3) is 0 Å². The number of benzene rings is 2. The van der Waals surface area contributed by atoms with E-state index in [1.54, 1.807) is 30.0 Å². The first kappa shape index (κ1) is 28.3. The van der Waals surface area contributed by atoms with E-state index in [0.717, 1.165) is 11.8 Å². The van der Waals surface area contributed by atoms with Crippen LogP contribution in [0.5, 0.6) is 11.5 Å². The number of hydrogen-bond acceptors (Lipinski definition) is 6. The maximum absolute atomic E-state index is 13.4. The summed E-state index contributed by atoms with van der Waals surface area (Å²) < 4.78 is 37.6. The molecule has 0 spiro atoms. The van der Waals surface area contributed by atoms with Crippen LogP contribution in [0.15, 0.2) is 48.5 Å². The van der Waals surface area contributed by atoms with Gasteiger partial charge < -0.3 is 19.7 Å². The number of carbonyl (C=O) groups excluding carboxylic acids is 2. The topological polar surface area (TPSA) is 105 Å². The van der Waals surface area contributed by atoms with E-state index in [-0.39, 0.29) is 37.7 Å². The third-order valence-electron chi connectivity index (χ3n) is 5.83. The maximum atomic E-state index is 13.4. The number of sulfonamides is 1. The second-order valence-corrected chi connectivity index (χ2v) is 12.1. The van der Waals surface area contributed by atoms with Crippen LogP contribution in [0.1, 0.15) is 46.1 Å². The summed E-state index contributed by atoms with van der Waals surface area (Å²) in [6, 6.07) is 13.8. The van der Waals surface area contributed by atoms with E-state index in [2.05, 4.69) is 5.32 Å². The number of rotatable bonds is 10. The molecule has 9 nitrogen and oxygen atoms in total. The number of hydrogen-bond donors (Lipinski definition) is 1. The average Bonchev–Trinajstić information content (AvgIpc) is 2.83. The molecule has 3 rings (SSSR count). The normalized spacial score (nSPS) is 14.0. The molecule has 0 unspecified atom stereocenters. The van der Waals surface area contributed by atoms with E-state index >= 15 is 0 Å². The van der Waals surface area contributed by atoms with Crippen LogP contribution in [0.4, 0.5) is 5.69 Å². The highest BCUT2D eigenvalue weighted by molar-refractivity contribution is 7.92. The predicted molar refractivity (Wildman–Crippen MR) is 143 cm³/mol. The fourth-order valence-corrected chi connectivity index (χ4v) is 4.99. The molecule has 1 atom stereocenters. The predicted octanol–water partition coefficient (Wildman–Crippen LogP) is 3.34. The third-order valence-corrected chi connectivity index (χ3v) is 7.02. The van der Waals surface area contributed by atoms with E-state index in [0.29, 0.717) is 30.4 Å². The van der Waals surface area contributed by atoms with Gasteiger partial charge in [-0.05, 0) is 51.8 Å². The summed E-state index contributed by atoms with van der Waals surface area (Å²) in [4.78, 5) is 27.8. The molecule has 1 heterocycles. The Kier molecular flexibility index (Phi) is 9.07. The van der Waals surface area contributed by atoms with Crippen LogP contribution in [0, 0.1) is 0 Å². The zero-order chi connectivity index (χ0) is 27.2. The molecule has 0 saturated heterocycles. The number of carbonyl (C=O) groups is 2. The number of nitrogens with one attached hydrogen (secondary N) is 1. The number of fused-ring (bicyclic) bond motifs is 1. The molecule has 0 fully saturated rings. The van der Waals surface area contributed by atoms with Crippen LogP contribution in [-0.4, -0.2) is 62.7 Å². The summed E-state index contributed by atoms with van der Waals surface area (Å²) in [5.41, 5.74) is 0.908. The molecule has 0 radical (unpaired) electrons. The standard InChI is InChI=1S/C27H37N3O6S/c1-20(26(32)28-27(2,3)4)29(19-21-10-7-6-8-11-21)25(31)12-9-15-30(37(5,33)34)22-13-14-23-24(18-22)36-17-16-35-23/h6-8,10-11,13-14,18,20H,9,12,15-17,19H2,1-5H3,(H,28,32)/t20-/m1/s1. The fourth-order valence-electron chi connectivity index (χ4n) is 4.03. The van der Waals surface area contributed by atoms with Crippen LogP contribution in [0.2, 0.25) is 0 Å². The van der Waals surface area contributed by atoms with Crippen molar-refractivity contribution in [2.24, 2.45) is 0 Å². The highest BCUT2D eigenvalue weighted by atomic mass is 32.2. The second kappa shape index (κ2) is 11.9. The maximum Gasteiger partial charge on any atom is 0.242 e. The summed E-state index contributed by atoms with van der Waals surface area (Å²) in [7, 11) is -3.61. The van der Waals surface area contributed by atoms with Crippen molar-refractivity contribution in [1.82, 2.24) is 10.2 Å². The molecule has 10 heteroatoms. The Morgan fingerprint density at radius 1 is 1.03 bits per heavy atom. The van der Waals surface area contributed by atoms with Gasteiger partial charge in [-0.15, -0.1) is 0 Å². The van der Waals surface area contributed by atoms with Crippen molar-refractivity contribution in [3.05, 3.63) is 54.1 Å². The molecule has 0 bridgehead atoms. The zero-order valence-corrected chi connectivity index (χ0v) is 23.0. The van der Waals surface area contributed by atoms with Crippen molar-refractivity contribution in [1.29, 1.82) is 0 Å². The van der Waals surface area contributed by atoms with Gasteiger partial charge in [0.15, 0.2) is 11.5 Å². The van der Waals surface area contributed by atoms with Gasteiger partial charge in [-0.1, -0.05) is 30.3 Å². The zero-order valence-electron chi connectivity index (χ0n) is 22.2. The van der Waals surface area contributed by atoms with E-state index in [4.69, 9.17) is 9.47 Å². The lowest BCUT2D eigenvalue weighted by Crippen LogP contribution is -2.52. The molecule has 2 aromatic carbocycles.